The lowest BCUT2D eigenvalue weighted by molar-refractivity contribution is 1.34. The molecule has 1 aromatic heterocycles. The smallest absolute Gasteiger partial charge is 0.0716 e. The van der Waals surface area contributed by atoms with E-state index in [1.54, 1.807) is 0 Å². The Morgan fingerprint density at radius 2 is 1.28 bits per heavy atom. The van der Waals surface area contributed by atoms with Crippen molar-refractivity contribution in [2.24, 2.45) is 0 Å². The molecule has 0 fully saturated rings. The molecule has 0 N–H and O–H groups in total. The first-order valence-corrected chi connectivity index (χ1v) is 8.66. The molecule has 0 saturated heterocycles. The fourth-order valence-corrected chi connectivity index (χ4v) is 3.42. The molecule has 3 aromatic carbocycles. The SMILES string of the molecule is Cc1ccc(-c2cc(-c3cc(C)cc(C)c3)nc3ccccc23)cc1. The van der Waals surface area contributed by atoms with Crippen molar-refractivity contribution >= 4 is 10.9 Å². The summed E-state index contributed by atoms with van der Waals surface area (Å²) in [6, 6.07) is 26.0. The fourth-order valence-electron chi connectivity index (χ4n) is 3.42. The normalized spacial score (nSPS) is 11.0. The minimum absolute atomic E-state index is 1.03. The zero-order valence-electron chi connectivity index (χ0n) is 14.9. The lowest BCUT2D eigenvalue weighted by Gasteiger charge is -2.11. The molecule has 0 bridgehead atoms. The second-order valence-electron chi connectivity index (χ2n) is 6.81. The molecule has 0 aliphatic rings. The van der Waals surface area contributed by atoms with Gasteiger partial charge < -0.3 is 0 Å². The standard InChI is InChI=1S/C24H21N/c1-16-8-10-19(11-9-16)22-15-24(20-13-17(2)12-18(3)14-20)25-23-7-5-4-6-21(22)23/h4-15H,1-3H3. The molecule has 0 saturated carbocycles. The quantitative estimate of drug-likeness (QED) is 0.410. The number of rotatable bonds is 2. The predicted molar refractivity (Wildman–Crippen MR) is 107 cm³/mol. The highest BCUT2D eigenvalue weighted by Crippen LogP contribution is 2.32. The van der Waals surface area contributed by atoms with E-state index in [-0.39, 0.29) is 0 Å². The second kappa shape index (κ2) is 6.18. The minimum atomic E-state index is 1.03. The van der Waals surface area contributed by atoms with Crippen LogP contribution in [0.1, 0.15) is 16.7 Å². The number of nitrogens with zero attached hydrogens (tertiary/aromatic N) is 1. The Bertz CT molecular complexity index is 1040. The van der Waals surface area contributed by atoms with Gasteiger partial charge in [-0.25, -0.2) is 4.98 Å². The Morgan fingerprint density at radius 1 is 0.600 bits per heavy atom. The van der Waals surface area contributed by atoms with Crippen LogP contribution in [0, 0.1) is 20.8 Å². The molecule has 0 radical (unpaired) electrons. The van der Waals surface area contributed by atoms with Crippen LogP contribution in [0.5, 0.6) is 0 Å². The Labute approximate surface area is 149 Å². The van der Waals surface area contributed by atoms with Gasteiger partial charge in [0.05, 0.1) is 11.2 Å². The molecule has 0 aliphatic heterocycles. The first kappa shape index (κ1) is 15.6. The number of aryl methyl sites for hydroxylation is 3. The lowest BCUT2D eigenvalue weighted by Crippen LogP contribution is -1.91. The molecular weight excluding hydrogens is 302 g/mol. The average Bonchev–Trinajstić information content (AvgIpc) is 2.61. The summed E-state index contributed by atoms with van der Waals surface area (Å²) < 4.78 is 0. The van der Waals surface area contributed by atoms with Crippen molar-refractivity contribution in [2.45, 2.75) is 20.8 Å². The number of benzene rings is 3. The van der Waals surface area contributed by atoms with Gasteiger partial charge in [0.1, 0.15) is 0 Å². The van der Waals surface area contributed by atoms with E-state index in [0.717, 1.165) is 11.2 Å². The highest BCUT2D eigenvalue weighted by atomic mass is 14.7. The van der Waals surface area contributed by atoms with E-state index < -0.39 is 0 Å². The zero-order chi connectivity index (χ0) is 17.4. The van der Waals surface area contributed by atoms with Crippen molar-refractivity contribution < 1.29 is 0 Å². The summed E-state index contributed by atoms with van der Waals surface area (Å²) in [5.74, 6) is 0. The van der Waals surface area contributed by atoms with Crippen LogP contribution in [0.15, 0.2) is 72.8 Å². The Balaban J connectivity index is 1.99. The molecule has 4 aromatic rings. The topological polar surface area (TPSA) is 12.9 Å². The van der Waals surface area contributed by atoms with Gasteiger partial charge in [0.2, 0.25) is 0 Å². The monoisotopic (exact) mass is 323 g/mol. The number of fused-ring (bicyclic) bond motifs is 1. The van der Waals surface area contributed by atoms with Gasteiger partial charge in [-0.2, -0.15) is 0 Å². The first-order chi connectivity index (χ1) is 12.1. The molecule has 25 heavy (non-hydrogen) atoms. The highest BCUT2D eigenvalue weighted by molar-refractivity contribution is 5.96. The maximum absolute atomic E-state index is 4.93. The van der Waals surface area contributed by atoms with Gasteiger partial charge in [-0.05, 0) is 56.2 Å². The Hall–Kier alpha value is -2.93. The number of aromatic nitrogens is 1. The van der Waals surface area contributed by atoms with E-state index in [0.29, 0.717) is 0 Å². The van der Waals surface area contributed by atoms with E-state index in [9.17, 15) is 0 Å². The lowest BCUT2D eigenvalue weighted by atomic mass is 9.96. The number of pyridine rings is 1. The van der Waals surface area contributed by atoms with Crippen LogP contribution in [-0.4, -0.2) is 4.98 Å². The second-order valence-corrected chi connectivity index (χ2v) is 6.81. The molecule has 1 heterocycles. The molecule has 4 rings (SSSR count). The van der Waals surface area contributed by atoms with E-state index in [2.05, 4.69) is 93.6 Å². The zero-order valence-corrected chi connectivity index (χ0v) is 14.9. The summed E-state index contributed by atoms with van der Waals surface area (Å²) in [5.41, 5.74) is 9.52. The van der Waals surface area contributed by atoms with Crippen LogP contribution < -0.4 is 0 Å². The van der Waals surface area contributed by atoms with Crippen LogP contribution in [0.2, 0.25) is 0 Å². The van der Waals surface area contributed by atoms with Crippen molar-refractivity contribution in [3.8, 4) is 22.4 Å². The average molecular weight is 323 g/mol. The van der Waals surface area contributed by atoms with Crippen molar-refractivity contribution in [3.63, 3.8) is 0 Å². The van der Waals surface area contributed by atoms with Crippen molar-refractivity contribution in [2.75, 3.05) is 0 Å². The van der Waals surface area contributed by atoms with Gasteiger partial charge in [-0.15, -0.1) is 0 Å². The van der Waals surface area contributed by atoms with E-state index in [4.69, 9.17) is 4.98 Å². The highest BCUT2D eigenvalue weighted by Gasteiger charge is 2.10. The van der Waals surface area contributed by atoms with Crippen LogP contribution in [0.4, 0.5) is 0 Å². The van der Waals surface area contributed by atoms with Crippen molar-refractivity contribution in [3.05, 3.63) is 89.5 Å². The van der Waals surface area contributed by atoms with Crippen molar-refractivity contribution in [1.82, 2.24) is 4.98 Å². The van der Waals surface area contributed by atoms with Gasteiger partial charge in [-0.3, -0.25) is 0 Å². The molecule has 1 heteroatoms. The first-order valence-electron chi connectivity index (χ1n) is 8.66. The molecule has 0 atom stereocenters. The third-order valence-corrected chi connectivity index (χ3v) is 4.60. The Morgan fingerprint density at radius 3 is 2.00 bits per heavy atom. The number of para-hydroxylation sites is 1. The maximum atomic E-state index is 4.93. The van der Waals surface area contributed by atoms with Crippen molar-refractivity contribution in [1.29, 1.82) is 0 Å². The summed E-state index contributed by atoms with van der Waals surface area (Å²) in [6.07, 6.45) is 0. The molecule has 0 amide bonds. The Kier molecular flexibility index (Phi) is 3.85. The largest absolute Gasteiger partial charge is 0.248 e. The summed E-state index contributed by atoms with van der Waals surface area (Å²) in [5, 5.41) is 1.19. The molecule has 0 spiro atoms. The van der Waals surface area contributed by atoms with Gasteiger partial charge in [0.25, 0.3) is 0 Å². The van der Waals surface area contributed by atoms with Gasteiger partial charge >= 0.3 is 0 Å². The van der Waals surface area contributed by atoms with Crippen LogP contribution in [0.3, 0.4) is 0 Å². The fraction of sp³-hybridized carbons (Fsp3) is 0.125. The van der Waals surface area contributed by atoms with Crippen LogP contribution in [0.25, 0.3) is 33.3 Å². The maximum Gasteiger partial charge on any atom is 0.0716 e. The van der Waals surface area contributed by atoms with Gasteiger partial charge in [-0.1, -0.05) is 65.2 Å². The summed E-state index contributed by atoms with van der Waals surface area (Å²) in [4.78, 5) is 4.93. The van der Waals surface area contributed by atoms with Gasteiger partial charge in [0, 0.05) is 10.9 Å². The third-order valence-electron chi connectivity index (χ3n) is 4.60. The van der Waals surface area contributed by atoms with Gasteiger partial charge in [0.15, 0.2) is 0 Å². The molecule has 122 valence electrons. The third kappa shape index (κ3) is 3.06. The molecule has 1 nitrogen and oxygen atoms in total. The molecule has 0 aliphatic carbocycles. The van der Waals surface area contributed by atoms with E-state index >= 15 is 0 Å². The van der Waals surface area contributed by atoms with E-state index in [1.807, 2.05) is 0 Å². The number of hydrogen-bond acceptors (Lipinski definition) is 1. The van der Waals surface area contributed by atoms with Crippen LogP contribution in [-0.2, 0) is 0 Å². The number of hydrogen-bond donors (Lipinski definition) is 0. The molecule has 0 unspecified atom stereocenters. The summed E-state index contributed by atoms with van der Waals surface area (Å²) in [7, 11) is 0. The predicted octanol–water partition coefficient (Wildman–Crippen LogP) is 6.49. The summed E-state index contributed by atoms with van der Waals surface area (Å²) in [6.45, 7) is 6.40. The molecular formula is C24H21N. The summed E-state index contributed by atoms with van der Waals surface area (Å²) >= 11 is 0. The minimum Gasteiger partial charge on any atom is -0.248 e. The van der Waals surface area contributed by atoms with E-state index in [1.165, 1.54) is 38.8 Å². The van der Waals surface area contributed by atoms with Crippen LogP contribution >= 0.6 is 0 Å².